The number of fused-ring (bicyclic) bond motifs is 1. The van der Waals surface area contributed by atoms with Gasteiger partial charge in [0, 0.05) is 23.7 Å². The largest absolute Gasteiger partial charge is 0.451 e. The van der Waals surface area contributed by atoms with E-state index < -0.39 is 21.8 Å². The molecule has 1 aliphatic rings. The zero-order valence-corrected chi connectivity index (χ0v) is 16.9. The highest BCUT2D eigenvalue weighted by Gasteiger charge is 2.36. The standard InChI is InChI=1S/C21H18ClNO5S/c22-15-5-3-4-14(10-15)12-23(16-8-9-29(26,27)13-16)21(25)20-11-18(24)17-6-1-2-7-19(17)28-20/h1-7,10-11,16H,8-9,12-13H2/t16-/m1/s1. The lowest BCUT2D eigenvalue weighted by Crippen LogP contribution is -2.40. The first kappa shape index (κ1) is 19.7. The van der Waals surface area contributed by atoms with E-state index in [9.17, 15) is 18.0 Å². The molecule has 0 unspecified atom stereocenters. The van der Waals surface area contributed by atoms with Gasteiger partial charge >= 0.3 is 0 Å². The first-order valence-corrected chi connectivity index (χ1v) is 11.3. The molecule has 1 saturated heterocycles. The second kappa shape index (κ2) is 7.65. The number of carbonyl (C=O) groups is 1. The predicted molar refractivity (Wildman–Crippen MR) is 111 cm³/mol. The number of sulfone groups is 1. The number of carbonyl (C=O) groups excluding carboxylic acids is 1. The molecule has 0 bridgehead atoms. The van der Waals surface area contributed by atoms with Crippen molar-refractivity contribution in [2.75, 3.05) is 11.5 Å². The van der Waals surface area contributed by atoms with E-state index in [4.69, 9.17) is 16.0 Å². The maximum atomic E-state index is 13.3. The van der Waals surface area contributed by atoms with Crippen LogP contribution in [0.2, 0.25) is 5.02 Å². The summed E-state index contributed by atoms with van der Waals surface area (Å²) in [6.45, 7) is 0.163. The molecule has 1 aromatic heterocycles. The Balaban J connectivity index is 1.74. The SMILES string of the molecule is O=C(c1cc(=O)c2ccccc2o1)N(Cc1cccc(Cl)c1)[C@@H]1CCS(=O)(=O)C1. The van der Waals surface area contributed by atoms with Crippen LogP contribution in [0.25, 0.3) is 11.0 Å². The summed E-state index contributed by atoms with van der Waals surface area (Å²) >= 11 is 6.06. The molecule has 1 aliphatic heterocycles. The molecular weight excluding hydrogens is 414 g/mol. The number of para-hydroxylation sites is 1. The van der Waals surface area contributed by atoms with E-state index in [2.05, 4.69) is 0 Å². The Morgan fingerprint density at radius 2 is 1.93 bits per heavy atom. The summed E-state index contributed by atoms with van der Waals surface area (Å²) in [6, 6.07) is 14.4. The lowest BCUT2D eigenvalue weighted by molar-refractivity contribution is 0.0648. The Morgan fingerprint density at radius 3 is 2.66 bits per heavy atom. The van der Waals surface area contributed by atoms with Crippen LogP contribution in [0.15, 0.2) is 63.8 Å². The fraction of sp³-hybridized carbons (Fsp3) is 0.238. The number of nitrogens with zero attached hydrogens (tertiary/aromatic N) is 1. The van der Waals surface area contributed by atoms with E-state index in [-0.39, 0.29) is 29.2 Å². The molecule has 1 amide bonds. The van der Waals surface area contributed by atoms with Crippen LogP contribution in [0.4, 0.5) is 0 Å². The minimum Gasteiger partial charge on any atom is -0.451 e. The number of halogens is 1. The lowest BCUT2D eigenvalue weighted by Gasteiger charge is -2.28. The van der Waals surface area contributed by atoms with E-state index in [1.165, 1.54) is 11.0 Å². The number of hydrogen-bond donors (Lipinski definition) is 0. The third kappa shape index (κ3) is 4.21. The van der Waals surface area contributed by atoms with Gasteiger partial charge in [-0.2, -0.15) is 0 Å². The summed E-state index contributed by atoms with van der Waals surface area (Å²) in [7, 11) is -3.21. The van der Waals surface area contributed by atoms with Crippen LogP contribution in [0.3, 0.4) is 0 Å². The Kier molecular flexibility index (Phi) is 5.19. The number of hydrogen-bond acceptors (Lipinski definition) is 5. The van der Waals surface area contributed by atoms with Gasteiger partial charge in [0.2, 0.25) is 0 Å². The number of rotatable bonds is 4. The Morgan fingerprint density at radius 1 is 1.14 bits per heavy atom. The van der Waals surface area contributed by atoms with Crippen molar-refractivity contribution >= 4 is 38.3 Å². The van der Waals surface area contributed by atoms with E-state index in [1.807, 2.05) is 6.07 Å². The maximum absolute atomic E-state index is 13.3. The van der Waals surface area contributed by atoms with Crippen LogP contribution in [-0.4, -0.2) is 36.8 Å². The average molecular weight is 432 g/mol. The predicted octanol–water partition coefficient (Wildman–Crippen LogP) is 3.28. The summed E-state index contributed by atoms with van der Waals surface area (Å²) in [4.78, 5) is 27.2. The van der Waals surface area contributed by atoms with Crippen molar-refractivity contribution in [1.29, 1.82) is 0 Å². The van der Waals surface area contributed by atoms with Crippen molar-refractivity contribution in [2.24, 2.45) is 0 Å². The van der Waals surface area contributed by atoms with Crippen molar-refractivity contribution in [3.8, 4) is 0 Å². The van der Waals surface area contributed by atoms with Gasteiger partial charge < -0.3 is 9.32 Å². The molecule has 2 heterocycles. The Labute approximate surface area is 172 Å². The van der Waals surface area contributed by atoms with Crippen molar-refractivity contribution in [3.63, 3.8) is 0 Å². The van der Waals surface area contributed by atoms with Crippen LogP contribution < -0.4 is 5.43 Å². The summed E-state index contributed by atoms with van der Waals surface area (Å²) in [5, 5.41) is 0.903. The molecule has 0 radical (unpaired) electrons. The van der Waals surface area contributed by atoms with Crippen molar-refractivity contribution in [1.82, 2.24) is 4.90 Å². The highest BCUT2D eigenvalue weighted by atomic mass is 35.5. The summed E-state index contributed by atoms with van der Waals surface area (Å²) < 4.78 is 29.7. The molecule has 6 nitrogen and oxygen atoms in total. The highest BCUT2D eigenvalue weighted by molar-refractivity contribution is 7.91. The highest BCUT2D eigenvalue weighted by Crippen LogP contribution is 2.24. The van der Waals surface area contributed by atoms with Crippen molar-refractivity contribution < 1.29 is 17.6 Å². The van der Waals surface area contributed by atoms with Crippen LogP contribution in [0.1, 0.15) is 22.5 Å². The molecule has 3 aromatic rings. The van der Waals surface area contributed by atoms with E-state index in [0.717, 1.165) is 5.56 Å². The van der Waals surface area contributed by atoms with Gasteiger partial charge in [0.05, 0.1) is 16.9 Å². The molecule has 150 valence electrons. The molecule has 0 spiro atoms. The second-order valence-electron chi connectivity index (χ2n) is 7.09. The Bertz CT molecular complexity index is 1250. The normalized spacial score (nSPS) is 18.0. The van der Waals surface area contributed by atoms with Gasteiger partial charge in [-0.05, 0) is 36.2 Å². The summed E-state index contributed by atoms with van der Waals surface area (Å²) in [6.07, 6.45) is 0.340. The molecule has 2 aromatic carbocycles. The quantitative estimate of drug-likeness (QED) is 0.633. The zero-order chi connectivity index (χ0) is 20.6. The Hall–Kier alpha value is -2.64. The average Bonchev–Trinajstić information content (AvgIpc) is 3.05. The molecule has 29 heavy (non-hydrogen) atoms. The van der Waals surface area contributed by atoms with Crippen molar-refractivity contribution in [3.05, 3.63) is 81.2 Å². The molecule has 0 saturated carbocycles. The minimum absolute atomic E-state index is 0.0264. The monoisotopic (exact) mass is 431 g/mol. The number of amides is 1. The molecule has 0 aliphatic carbocycles. The third-order valence-corrected chi connectivity index (χ3v) is 6.98. The van der Waals surface area contributed by atoms with Crippen LogP contribution in [0, 0.1) is 0 Å². The molecule has 0 N–H and O–H groups in total. The van der Waals surface area contributed by atoms with Gasteiger partial charge in [0.25, 0.3) is 5.91 Å². The van der Waals surface area contributed by atoms with Crippen molar-refractivity contribution in [2.45, 2.75) is 19.0 Å². The third-order valence-electron chi connectivity index (χ3n) is 5.00. The smallest absolute Gasteiger partial charge is 0.290 e. The maximum Gasteiger partial charge on any atom is 0.290 e. The minimum atomic E-state index is -3.21. The lowest BCUT2D eigenvalue weighted by atomic mass is 10.1. The molecule has 1 fully saturated rings. The van der Waals surface area contributed by atoms with Gasteiger partial charge in [0.15, 0.2) is 21.0 Å². The first-order valence-electron chi connectivity index (χ1n) is 9.11. The molecular formula is C21H18ClNO5S. The zero-order valence-electron chi connectivity index (χ0n) is 15.4. The summed E-state index contributed by atoms with van der Waals surface area (Å²) in [5.41, 5.74) is 0.750. The van der Waals surface area contributed by atoms with Gasteiger partial charge in [-0.15, -0.1) is 0 Å². The summed E-state index contributed by atoms with van der Waals surface area (Å²) in [5.74, 6) is -0.717. The van der Waals surface area contributed by atoms with E-state index in [1.54, 1.807) is 42.5 Å². The van der Waals surface area contributed by atoms with Crippen LogP contribution >= 0.6 is 11.6 Å². The molecule has 1 atom stereocenters. The van der Waals surface area contributed by atoms with Crippen LogP contribution in [-0.2, 0) is 16.4 Å². The fourth-order valence-electron chi connectivity index (χ4n) is 3.57. The molecule has 4 rings (SSSR count). The number of benzene rings is 2. The van der Waals surface area contributed by atoms with Gasteiger partial charge in [0.1, 0.15) is 5.58 Å². The van der Waals surface area contributed by atoms with Gasteiger partial charge in [-0.3, -0.25) is 9.59 Å². The topological polar surface area (TPSA) is 84.7 Å². The fourth-order valence-corrected chi connectivity index (χ4v) is 5.51. The second-order valence-corrected chi connectivity index (χ2v) is 9.76. The molecule has 8 heteroatoms. The van der Waals surface area contributed by atoms with Gasteiger partial charge in [-0.1, -0.05) is 35.9 Å². The first-order chi connectivity index (χ1) is 13.8. The van der Waals surface area contributed by atoms with Crippen LogP contribution in [0.5, 0.6) is 0 Å². The van der Waals surface area contributed by atoms with Gasteiger partial charge in [-0.25, -0.2) is 8.42 Å². The van der Waals surface area contributed by atoms with E-state index >= 15 is 0 Å². The van der Waals surface area contributed by atoms with E-state index in [0.29, 0.717) is 22.4 Å².